The van der Waals surface area contributed by atoms with Crippen LogP contribution in [0.5, 0.6) is 0 Å². The molecule has 0 aliphatic rings. The molecule has 0 saturated carbocycles. The van der Waals surface area contributed by atoms with Crippen molar-refractivity contribution >= 4 is 5.97 Å². The first-order valence-corrected chi connectivity index (χ1v) is 6.95. The van der Waals surface area contributed by atoms with Gasteiger partial charge in [-0.3, -0.25) is 9.59 Å². The second-order valence-corrected chi connectivity index (χ2v) is 4.24. The number of carboxylic acid groups (broad SMARTS) is 1. The lowest BCUT2D eigenvalue weighted by Crippen LogP contribution is -2.18. The highest BCUT2D eigenvalue weighted by Gasteiger charge is 2.10. The molecule has 0 amide bonds. The second-order valence-electron chi connectivity index (χ2n) is 4.24. The van der Waals surface area contributed by atoms with Gasteiger partial charge in [0.05, 0.1) is 0 Å². The summed E-state index contributed by atoms with van der Waals surface area (Å²) < 4.78 is 0. The molecule has 0 unspecified atom stereocenters. The normalized spacial score (nSPS) is 9.67. The summed E-state index contributed by atoms with van der Waals surface area (Å²) in [4.78, 5) is 29.5. The number of carboxylic acids is 1. The highest BCUT2D eigenvalue weighted by molar-refractivity contribution is 5.67. The number of aryl methyl sites for hydroxylation is 1. The second kappa shape index (κ2) is 7.99. The Hall–Kier alpha value is -2.43. The average molecular weight is 288 g/mol. The molecule has 0 saturated heterocycles. The minimum Gasteiger partial charge on any atom is -0.481 e. The number of nitrogens with zero attached hydrogens (tertiary/aromatic N) is 1. The van der Waals surface area contributed by atoms with E-state index in [2.05, 4.69) is 9.97 Å². The van der Waals surface area contributed by atoms with Crippen molar-refractivity contribution in [2.45, 2.75) is 33.6 Å². The van der Waals surface area contributed by atoms with Gasteiger partial charge in [-0.25, -0.2) is 4.98 Å². The molecule has 0 radical (unpaired) electrons. The molecule has 21 heavy (non-hydrogen) atoms. The number of H-pyrrole nitrogens is 1. The summed E-state index contributed by atoms with van der Waals surface area (Å²) in [6.45, 7) is 5.72. The highest BCUT2D eigenvalue weighted by atomic mass is 16.4. The van der Waals surface area contributed by atoms with E-state index in [9.17, 15) is 9.59 Å². The fraction of sp³-hybridized carbons (Fsp3) is 0.312. The highest BCUT2D eigenvalue weighted by Crippen LogP contribution is 2.14. The van der Waals surface area contributed by atoms with Crippen molar-refractivity contribution in [1.29, 1.82) is 0 Å². The van der Waals surface area contributed by atoms with E-state index < -0.39 is 5.97 Å². The molecule has 0 bridgehead atoms. The molecule has 0 aliphatic carbocycles. The van der Waals surface area contributed by atoms with Crippen molar-refractivity contribution in [3.63, 3.8) is 0 Å². The Balaban J connectivity index is 0.00000106. The third-order valence-electron chi connectivity index (χ3n) is 2.86. The van der Waals surface area contributed by atoms with Crippen molar-refractivity contribution in [3.05, 3.63) is 51.9 Å². The minimum absolute atomic E-state index is 0.0731. The first kappa shape index (κ1) is 16.6. The number of aromatic nitrogens is 2. The molecule has 2 N–H and O–H groups in total. The number of hydrogen-bond donors (Lipinski definition) is 2. The molecule has 0 atom stereocenters. The molecule has 0 aliphatic heterocycles. The smallest absolute Gasteiger partial charge is 0.303 e. The van der Waals surface area contributed by atoms with Gasteiger partial charge in [0.1, 0.15) is 5.82 Å². The summed E-state index contributed by atoms with van der Waals surface area (Å²) in [6, 6.07) is 9.32. The monoisotopic (exact) mass is 288 g/mol. The van der Waals surface area contributed by atoms with Gasteiger partial charge < -0.3 is 10.1 Å². The van der Waals surface area contributed by atoms with Crippen LogP contribution in [0, 0.1) is 6.92 Å². The minimum atomic E-state index is -0.925. The molecular weight excluding hydrogens is 268 g/mol. The zero-order valence-corrected chi connectivity index (χ0v) is 12.5. The van der Waals surface area contributed by atoms with Crippen molar-refractivity contribution in [1.82, 2.24) is 9.97 Å². The van der Waals surface area contributed by atoms with Gasteiger partial charge in [-0.15, -0.1) is 0 Å². The lowest BCUT2D eigenvalue weighted by Gasteiger charge is -2.06. The van der Waals surface area contributed by atoms with Crippen molar-refractivity contribution in [3.8, 4) is 11.4 Å². The molecule has 5 heteroatoms. The van der Waals surface area contributed by atoms with Crippen LogP contribution in [0.25, 0.3) is 11.4 Å². The summed E-state index contributed by atoms with van der Waals surface area (Å²) in [6.07, 6.45) is 0.120. The maximum Gasteiger partial charge on any atom is 0.303 e. The Kier molecular flexibility index (Phi) is 6.33. The molecular formula is C16H20N2O3. The van der Waals surface area contributed by atoms with Crippen LogP contribution in [0.4, 0.5) is 0 Å². The van der Waals surface area contributed by atoms with Crippen molar-refractivity contribution in [2.24, 2.45) is 0 Å². The number of benzene rings is 1. The molecule has 0 fully saturated rings. The SMILES string of the molecule is CC.Cc1nc(-c2ccccc2)[nH]c(=O)c1CCC(=O)O. The number of aromatic amines is 1. The quantitative estimate of drug-likeness (QED) is 0.906. The maximum absolute atomic E-state index is 12.0. The van der Waals surface area contributed by atoms with Gasteiger partial charge in [0.2, 0.25) is 0 Å². The van der Waals surface area contributed by atoms with Crippen LogP contribution in [-0.2, 0) is 11.2 Å². The van der Waals surface area contributed by atoms with Crippen LogP contribution < -0.4 is 5.56 Å². The summed E-state index contributed by atoms with van der Waals surface area (Å²) in [7, 11) is 0. The molecule has 0 spiro atoms. The number of carbonyl (C=O) groups is 1. The third kappa shape index (κ3) is 4.56. The summed E-state index contributed by atoms with van der Waals surface area (Å²) in [5, 5.41) is 8.66. The van der Waals surface area contributed by atoms with E-state index >= 15 is 0 Å². The number of hydrogen-bond acceptors (Lipinski definition) is 3. The molecule has 112 valence electrons. The third-order valence-corrected chi connectivity index (χ3v) is 2.86. The summed E-state index contributed by atoms with van der Waals surface area (Å²) in [5.41, 5.74) is 1.56. The van der Waals surface area contributed by atoms with Crippen LogP contribution in [0.3, 0.4) is 0 Å². The van der Waals surface area contributed by atoms with Crippen molar-refractivity contribution < 1.29 is 9.90 Å². The summed E-state index contributed by atoms with van der Waals surface area (Å²) in [5.74, 6) is -0.423. The van der Waals surface area contributed by atoms with Gasteiger partial charge in [-0.2, -0.15) is 0 Å². The largest absolute Gasteiger partial charge is 0.481 e. The first-order chi connectivity index (χ1) is 10.1. The van der Waals surface area contributed by atoms with E-state index in [1.54, 1.807) is 6.92 Å². The standard InChI is InChI=1S/C14H14N2O3.C2H6/c1-9-11(7-8-12(17)18)14(19)16-13(15-9)10-5-3-2-4-6-10;1-2/h2-6H,7-8H2,1H3,(H,17,18)(H,15,16,19);1-2H3. The van der Waals surface area contributed by atoms with E-state index in [-0.39, 0.29) is 18.4 Å². The molecule has 1 aromatic carbocycles. The fourth-order valence-corrected chi connectivity index (χ4v) is 1.87. The van der Waals surface area contributed by atoms with E-state index in [1.807, 2.05) is 44.2 Å². The first-order valence-electron chi connectivity index (χ1n) is 6.95. The number of aliphatic carboxylic acids is 1. The van der Waals surface area contributed by atoms with Crippen LogP contribution >= 0.6 is 0 Å². The predicted octanol–water partition coefficient (Wildman–Crippen LogP) is 2.79. The molecule has 5 nitrogen and oxygen atoms in total. The van der Waals surface area contributed by atoms with E-state index in [4.69, 9.17) is 5.11 Å². The van der Waals surface area contributed by atoms with Crippen LogP contribution in [0.1, 0.15) is 31.5 Å². The average Bonchev–Trinajstić information content (AvgIpc) is 2.49. The zero-order chi connectivity index (χ0) is 15.8. The van der Waals surface area contributed by atoms with Crippen LogP contribution in [-0.4, -0.2) is 21.0 Å². The Labute approximate surface area is 123 Å². The lowest BCUT2D eigenvalue weighted by molar-refractivity contribution is -0.136. The Bertz CT molecular complexity index is 648. The van der Waals surface area contributed by atoms with Gasteiger partial charge in [0.15, 0.2) is 0 Å². The fourth-order valence-electron chi connectivity index (χ4n) is 1.87. The zero-order valence-electron chi connectivity index (χ0n) is 12.5. The maximum atomic E-state index is 12.0. The van der Waals surface area contributed by atoms with Gasteiger partial charge in [0, 0.05) is 23.2 Å². The van der Waals surface area contributed by atoms with E-state index in [0.29, 0.717) is 17.1 Å². The van der Waals surface area contributed by atoms with Crippen LogP contribution in [0.15, 0.2) is 35.1 Å². The predicted molar refractivity (Wildman–Crippen MR) is 82.3 cm³/mol. The molecule has 1 aromatic heterocycles. The van der Waals surface area contributed by atoms with E-state index in [0.717, 1.165) is 5.56 Å². The Morgan fingerprint density at radius 1 is 1.24 bits per heavy atom. The lowest BCUT2D eigenvalue weighted by atomic mass is 10.1. The Morgan fingerprint density at radius 2 is 1.86 bits per heavy atom. The van der Waals surface area contributed by atoms with Gasteiger partial charge in [-0.1, -0.05) is 44.2 Å². The van der Waals surface area contributed by atoms with Gasteiger partial charge in [-0.05, 0) is 13.3 Å². The van der Waals surface area contributed by atoms with Crippen molar-refractivity contribution in [2.75, 3.05) is 0 Å². The number of nitrogens with one attached hydrogen (secondary N) is 1. The van der Waals surface area contributed by atoms with Crippen LogP contribution in [0.2, 0.25) is 0 Å². The Morgan fingerprint density at radius 3 is 2.38 bits per heavy atom. The van der Waals surface area contributed by atoms with Gasteiger partial charge in [0.25, 0.3) is 5.56 Å². The summed E-state index contributed by atoms with van der Waals surface area (Å²) >= 11 is 0. The van der Waals surface area contributed by atoms with Gasteiger partial charge >= 0.3 is 5.97 Å². The number of rotatable bonds is 4. The molecule has 1 heterocycles. The topological polar surface area (TPSA) is 83.0 Å². The molecule has 2 aromatic rings. The molecule has 2 rings (SSSR count). The van der Waals surface area contributed by atoms with E-state index in [1.165, 1.54) is 0 Å².